The summed E-state index contributed by atoms with van der Waals surface area (Å²) in [7, 11) is 0. The molecule has 0 saturated carbocycles. The smallest absolute Gasteiger partial charge is 0.288 e. The standard InChI is InChI=1S/C16H14ClN3O3S/c1-9-4-3-5-10(2)14(9)18-16(24)19-15(21)11-6-7-12(17)13(8-11)20(22)23/h3-8H,1-2H3,(H2,18,19,21,24). The highest BCUT2D eigenvalue weighted by atomic mass is 35.5. The van der Waals surface area contributed by atoms with Crippen molar-refractivity contribution in [1.29, 1.82) is 0 Å². The van der Waals surface area contributed by atoms with Crippen molar-refractivity contribution >= 4 is 46.2 Å². The summed E-state index contributed by atoms with van der Waals surface area (Å²) >= 11 is 10.9. The fourth-order valence-corrected chi connectivity index (χ4v) is 2.51. The van der Waals surface area contributed by atoms with Gasteiger partial charge in [0.05, 0.1) is 4.92 Å². The van der Waals surface area contributed by atoms with Crippen LogP contribution in [0.1, 0.15) is 21.5 Å². The lowest BCUT2D eigenvalue weighted by Crippen LogP contribution is -2.34. The molecule has 2 N–H and O–H groups in total. The van der Waals surface area contributed by atoms with Gasteiger partial charge in [0.25, 0.3) is 11.6 Å². The number of nitrogens with zero attached hydrogens (tertiary/aromatic N) is 1. The average Bonchev–Trinajstić information content (AvgIpc) is 2.51. The van der Waals surface area contributed by atoms with Crippen LogP contribution in [0.2, 0.25) is 5.02 Å². The Balaban J connectivity index is 2.14. The van der Waals surface area contributed by atoms with Gasteiger partial charge in [-0.25, -0.2) is 0 Å². The van der Waals surface area contributed by atoms with Gasteiger partial charge in [-0.2, -0.15) is 0 Å². The maximum absolute atomic E-state index is 12.2. The molecule has 0 bridgehead atoms. The molecule has 2 aromatic rings. The number of carbonyl (C=O) groups is 1. The Morgan fingerprint density at radius 1 is 1.21 bits per heavy atom. The Morgan fingerprint density at radius 2 is 1.83 bits per heavy atom. The molecule has 24 heavy (non-hydrogen) atoms. The topological polar surface area (TPSA) is 84.3 Å². The number of para-hydroxylation sites is 1. The molecule has 6 nitrogen and oxygen atoms in total. The summed E-state index contributed by atoms with van der Waals surface area (Å²) in [5.74, 6) is -0.557. The third-order valence-corrected chi connectivity index (χ3v) is 3.88. The number of carbonyl (C=O) groups excluding carboxylic acids is 1. The fourth-order valence-electron chi connectivity index (χ4n) is 2.13. The zero-order valence-corrected chi connectivity index (χ0v) is 14.5. The molecule has 0 aliphatic rings. The van der Waals surface area contributed by atoms with Crippen LogP contribution in [0.4, 0.5) is 11.4 Å². The maximum Gasteiger partial charge on any atom is 0.288 e. The molecule has 124 valence electrons. The van der Waals surface area contributed by atoms with Gasteiger partial charge in [-0.3, -0.25) is 20.2 Å². The van der Waals surface area contributed by atoms with E-state index in [0.717, 1.165) is 22.9 Å². The lowest BCUT2D eigenvalue weighted by Gasteiger charge is -2.14. The number of nitrogens with one attached hydrogen (secondary N) is 2. The van der Waals surface area contributed by atoms with E-state index >= 15 is 0 Å². The first kappa shape index (κ1) is 17.8. The van der Waals surface area contributed by atoms with Gasteiger partial charge in [0.1, 0.15) is 5.02 Å². The zero-order valence-electron chi connectivity index (χ0n) is 12.9. The summed E-state index contributed by atoms with van der Waals surface area (Å²) in [6.07, 6.45) is 0. The molecule has 0 unspecified atom stereocenters. The Morgan fingerprint density at radius 3 is 2.42 bits per heavy atom. The number of hydrogen-bond donors (Lipinski definition) is 2. The fraction of sp³-hybridized carbons (Fsp3) is 0.125. The van der Waals surface area contributed by atoms with Gasteiger partial charge in [0.2, 0.25) is 0 Å². The molecule has 0 radical (unpaired) electrons. The van der Waals surface area contributed by atoms with Gasteiger partial charge in [-0.1, -0.05) is 29.8 Å². The van der Waals surface area contributed by atoms with Gasteiger partial charge in [-0.15, -0.1) is 0 Å². The summed E-state index contributed by atoms with van der Waals surface area (Å²) in [6.45, 7) is 3.84. The van der Waals surface area contributed by atoms with Crippen LogP contribution in [-0.2, 0) is 0 Å². The molecule has 0 spiro atoms. The number of benzene rings is 2. The molecule has 0 aliphatic heterocycles. The second-order valence-electron chi connectivity index (χ2n) is 5.10. The average molecular weight is 364 g/mol. The van der Waals surface area contributed by atoms with Crippen LogP contribution in [0, 0.1) is 24.0 Å². The Kier molecular flexibility index (Phi) is 5.48. The lowest BCUT2D eigenvalue weighted by molar-refractivity contribution is -0.384. The van der Waals surface area contributed by atoms with Gasteiger partial charge < -0.3 is 5.32 Å². The van der Waals surface area contributed by atoms with E-state index in [1.807, 2.05) is 32.0 Å². The minimum Gasteiger partial charge on any atom is -0.332 e. The first-order chi connectivity index (χ1) is 11.3. The van der Waals surface area contributed by atoms with E-state index in [4.69, 9.17) is 23.8 Å². The first-order valence-electron chi connectivity index (χ1n) is 6.92. The monoisotopic (exact) mass is 363 g/mol. The van der Waals surface area contributed by atoms with Crippen molar-refractivity contribution in [2.24, 2.45) is 0 Å². The van der Waals surface area contributed by atoms with E-state index in [2.05, 4.69) is 10.6 Å². The van der Waals surface area contributed by atoms with Gasteiger partial charge in [0, 0.05) is 17.3 Å². The quantitative estimate of drug-likeness (QED) is 0.489. The number of rotatable bonds is 3. The van der Waals surface area contributed by atoms with E-state index in [1.54, 1.807) is 0 Å². The SMILES string of the molecule is Cc1cccc(C)c1NC(=S)NC(=O)c1ccc(Cl)c([N+](=O)[O-])c1. The third kappa shape index (κ3) is 4.06. The molecule has 1 amide bonds. The predicted octanol–water partition coefficient (Wildman–Crippen LogP) is 3.99. The van der Waals surface area contributed by atoms with Crippen molar-refractivity contribution in [2.75, 3.05) is 5.32 Å². The molecule has 0 heterocycles. The Hall–Kier alpha value is -2.51. The molecule has 0 aromatic heterocycles. The molecule has 8 heteroatoms. The van der Waals surface area contributed by atoms with Crippen molar-refractivity contribution in [1.82, 2.24) is 5.32 Å². The van der Waals surface area contributed by atoms with Crippen LogP contribution in [0.3, 0.4) is 0 Å². The summed E-state index contributed by atoms with van der Waals surface area (Å²) in [4.78, 5) is 22.4. The highest BCUT2D eigenvalue weighted by molar-refractivity contribution is 7.80. The van der Waals surface area contributed by atoms with Crippen molar-refractivity contribution in [3.05, 3.63) is 68.2 Å². The summed E-state index contributed by atoms with van der Waals surface area (Å²) in [5, 5.41) is 16.4. The molecular weight excluding hydrogens is 350 g/mol. The maximum atomic E-state index is 12.2. The molecule has 0 fully saturated rings. The number of anilines is 1. The van der Waals surface area contributed by atoms with Crippen molar-refractivity contribution in [3.63, 3.8) is 0 Å². The van der Waals surface area contributed by atoms with Crippen molar-refractivity contribution < 1.29 is 9.72 Å². The van der Waals surface area contributed by atoms with Crippen LogP contribution >= 0.6 is 23.8 Å². The van der Waals surface area contributed by atoms with Crippen LogP contribution < -0.4 is 10.6 Å². The molecule has 0 aliphatic carbocycles. The Labute approximate surface area is 149 Å². The number of hydrogen-bond acceptors (Lipinski definition) is 4. The van der Waals surface area contributed by atoms with Crippen LogP contribution in [0.15, 0.2) is 36.4 Å². The summed E-state index contributed by atoms with van der Waals surface area (Å²) < 4.78 is 0. The predicted molar refractivity (Wildman–Crippen MR) is 97.7 cm³/mol. The molecule has 2 aromatic carbocycles. The largest absolute Gasteiger partial charge is 0.332 e. The minimum atomic E-state index is -0.646. The van der Waals surface area contributed by atoms with Gasteiger partial charge >= 0.3 is 0 Å². The van der Waals surface area contributed by atoms with Crippen LogP contribution in [0.25, 0.3) is 0 Å². The number of amides is 1. The molecule has 0 atom stereocenters. The third-order valence-electron chi connectivity index (χ3n) is 3.35. The second kappa shape index (κ2) is 7.37. The highest BCUT2D eigenvalue weighted by Crippen LogP contribution is 2.25. The highest BCUT2D eigenvalue weighted by Gasteiger charge is 2.17. The summed E-state index contributed by atoms with van der Waals surface area (Å²) in [6, 6.07) is 9.57. The molecular formula is C16H14ClN3O3S. The zero-order chi connectivity index (χ0) is 17.9. The van der Waals surface area contributed by atoms with E-state index in [1.165, 1.54) is 12.1 Å². The van der Waals surface area contributed by atoms with Gasteiger partial charge in [-0.05, 0) is 49.3 Å². The van der Waals surface area contributed by atoms with Crippen LogP contribution in [-0.4, -0.2) is 15.9 Å². The molecule has 2 rings (SSSR count). The van der Waals surface area contributed by atoms with Crippen molar-refractivity contribution in [2.45, 2.75) is 13.8 Å². The Bertz CT molecular complexity index is 819. The number of nitro groups is 1. The van der Waals surface area contributed by atoms with E-state index in [0.29, 0.717) is 0 Å². The normalized spacial score (nSPS) is 10.1. The van der Waals surface area contributed by atoms with Crippen LogP contribution in [0.5, 0.6) is 0 Å². The van der Waals surface area contributed by atoms with E-state index < -0.39 is 10.8 Å². The molecule has 0 saturated heterocycles. The minimum absolute atomic E-state index is 0.0345. The first-order valence-corrected chi connectivity index (χ1v) is 7.70. The van der Waals surface area contributed by atoms with E-state index in [9.17, 15) is 14.9 Å². The van der Waals surface area contributed by atoms with E-state index in [-0.39, 0.29) is 21.4 Å². The number of halogens is 1. The van der Waals surface area contributed by atoms with Crippen molar-refractivity contribution in [3.8, 4) is 0 Å². The number of aryl methyl sites for hydroxylation is 2. The summed E-state index contributed by atoms with van der Waals surface area (Å²) in [5.41, 5.74) is 2.53. The number of nitro benzene ring substituents is 1. The lowest BCUT2D eigenvalue weighted by atomic mass is 10.1. The second-order valence-corrected chi connectivity index (χ2v) is 5.91. The number of thiocarbonyl (C=S) groups is 1. The van der Waals surface area contributed by atoms with Gasteiger partial charge in [0.15, 0.2) is 5.11 Å².